The van der Waals surface area contributed by atoms with Gasteiger partial charge in [0.05, 0.1) is 17.1 Å². The van der Waals surface area contributed by atoms with Crippen molar-refractivity contribution in [1.29, 1.82) is 0 Å². The highest BCUT2D eigenvalue weighted by Gasteiger charge is 2.33. The van der Waals surface area contributed by atoms with Gasteiger partial charge in [-0.15, -0.1) is 0 Å². The Balaban J connectivity index is 2.30. The van der Waals surface area contributed by atoms with Crippen LogP contribution in [0.25, 0.3) is 0 Å². The summed E-state index contributed by atoms with van der Waals surface area (Å²) in [4.78, 5) is 10.4. The number of nitrogens with one attached hydrogen (secondary N) is 1. The van der Waals surface area contributed by atoms with Crippen molar-refractivity contribution in [2.24, 2.45) is 0 Å². The number of nitro groups is 1. The van der Waals surface area contributed by atoms with E-state index >= 15 is 0 Å². The molecule has 0 aromatic heterocycles. The fourth-order valence-corrected chi connectivity index (χ4v) is 2.60. The Kier molecular flexibility index (Phi) is 3.99. The summed E-state index contributed by atoms with van der Waals surface area (Å²) in [6, 6.07) is 3.32. The van der Waals surface area contributed by atoms with E-state index in [1.165, 1.54) is 0 Å². The molecule has 0 spiro atoms. The third-order valence-corrected chi connectivity index (χ3v) is 3.67. The van der Waals surface area contributed by atoms with Crippen LogP contribution in [0, 0.1) is 15.9 Å². The molecule has 19 heavy (non-hydrogen) atoms. The average Bonchev–Trinajstić information content (AvgIpc) is 2.39. The highest BCUT2D eigenvalue weighted by Crippen LogP contribution is 2.34. The largest absolute Gasteiger partial charge is 0.394 e. The van der Waals surface area contributed by atoms with E-state index in [1.54, 1.807) is 0 Å². The minimum atomic E-state index is -0.573. The highest BCUT2D eigenvalue weighted by atomic mass is 19.1. The molecule has 1 aromatic carbocycles. The lowest BCUT2D eigenvalue weighted by Crippen LogP contribution is -2.44. The lowest BCUT2D eigenvalue weighted by Gasteiger charge is -2.37. The van der Waals surface area contributed by atoms with Gasteiger partial charge in [-0.05, 0) is 18.9 Å². The van der Waals surface area contributed by atoms with Crippen molar-refractivity contribution in [3.05, 3.63) is 34.1 Å². The lowest BCUT2D eigenvalue weighted by atomic mass is 9.82. The second-order valence-corrected chi connectivity index (χ2v) is 5.04. The van der Waals surface area contributed by atoms with Gasteiger partial charge in [-0.2, -0.15) is 0 Å². The highest BCUT2D eigenvalue weighted by molar-refractivity contribution is 5.62. The van der Waals surface area contributed by atoms with E-state index in [2.05, 4.69) is 5.32 Å². The van der Waals surface area contributed by atoms with Crippen LogP contribution in [0.1, 0.15) is 32.1 Å². The maximum atomic E-state index is 13.3. The molecule has 6 heteroatoms. The molecule has 104 valence electrons. The minimum Gasteiger partial charge on any atom is -0.394 e. The Morgan fingerprint density at radius 2 is 2.05 bits per heavy atom. The molecule has 2 N–H and O–H groups in total. The van der Waals surface area contributed by atoms with E-state index in [0.717, 1.165) is 50.3 Å². The number of rotatable bonds is 4. The number of nitro benzene ring substituents is 1. The number of anilines is 1. The summed E-state index contributed by atoms with van der Waals surface area (Å²) in [5.41, 5.74) is -0.600. The number of benzene rings is 1. The van der Waals surface area contributed by atoms with Gasteiger partial charge in [0, 0.05) is 12.1 Å². The van der Waals surface area contributed by atoms with Crippen LogP contribution in [0.4, 0.5) is 15.8 Å². The van der Waals surface area contributed by atoms with Crippen molar-refractivity contribution in [1.82, 2.24) is 0 Å². The lowest BCUT2D eigenvalue weighted by molar-refractivity contribution is -0.384. The van der Waals surface area contributed by atoms with E-state index in [0.29, 0.717) is 0 Å². The molecule has 0 saturated heterocycles. The van der Waals surface area contributed by atoms with Crippen LogP contribution < -0.4 is 5.32 Å². The molecular formula is C13H17FN2O3. The quantitative estimate of drug-likeness (QED) is 0.650. The Morgan fingerprint density at radius 1 is 1.37 bits per heavy atom. The van der Waals surface area contributed by atoms with Gasteiger partial charge in [0.1, 0.15) is 11.5 Å². The van der Waals surface area contributed by atoms with Gasteiger partial charge in [-0.25, -0.2) is 4.39 Å². The molecule has 0 radical (unpaired) electrons. The fraction of sp³-hybridized carbons (Fsp3) is 0.538. The van der Waals surface area contributed by atoms with Gasteiger partial charge in [-0.1, -0.05) is 19.3 Å². The van der Waals surface area contributed by atoms with E-state index in [-0.39, 0.29) is 18.0 Å². The number of hydrogen-bond acceptors (Lipinski definition) is 4. The summed E-state index contributed by atoms with van der Waals surface area (Å²) in [5, 5.41) is 23.5. The Labute approximate surface area is 110 Å². The number of nitrogens with zero attached hydrogens (tertiary/aromatic N) is 1. The summed E-state index contributed by atoms with van der Waals surface area (Å²) in [6.45, 7) is -0.110. The van der Waals surface area contributed by atoms with Crippen LogP contribution >= 0.6 is 0 Å². The molecule has 5 nitrogen and oxygen atoms in total. The molecule has 1 aliphatic carbocycles. The Morgan fingerprint density at radius 3 is 2.63 bits per heavy atom. The molecule has 1 fully saturated rings. The normalized spacial score (nSPS) is 18.0. The van der Waals surface area contributed by atoms with Gasteiger partial charge in [0.15, 0.2) is 0 Å². The van der Waals surface area contributed by atoms with Gasteiger partial charge in [0.2, 0.25) is 0 Å². The van der Waals surface area contributed by atoms with Crippen LogP contribution in [0.2, 0.25) is 0 Å². The van der Waals surface area contributed by atoms with Crippen LogP contribution in [0.15, 0.2) is 18.2 Å². The second kappa shape index (κ2) is 5.52. The molecule has 0 bridgehead atoms. The fourth-order valence-electron chi connectivity index (χ4n) is 2.60. The maximum absolute atomic E-state index is 13.3. The number of aliphatic hydroxyl groups is 1. The molecule has 0 atom stereocenters. The molecule has 0 heterocycles. The van der Waals surface area contributed by atoms with Crippen LogP contribution in [-0.2, 0) is 0 Å². The SMILES string of the molecule is O=[N+]([O-])c1ccc(F)cc1NC1(CO)CCCCC1. The summed E-state index contributed by atoms with van der Waals surface area (Å²) >= 11 is 0. The van der Waals surface area contributed by atoms with Gasteiger partial charge >= 0.3 is 0 Å². The molecule has 1 aliphatic rings. The van der Waals surface area contributed by atoms with Crippen LogP contribution in [-0.4, -0.2) is 22.2 Å². The van der Waals surface area contributed by atoms with Crippen LogP contribution in [0.5, 0.6) is 0 Å². The minimum absolute atomic E-state index is 0.110. The summed E-state index contributed by atoms with van der Waals surface area (Å²) in [6.07, 6.45) is 4.47. The molecule has 0 unspecified atom stereocenters. The monoisotopic (exact) mass is 268 g/mol. The zero-order valence-corrected chi connectivity index (χ0v) is 10.6. The molecule has 0 amide bonds. The average molecular weight is 268 g/mol. The third kappa shape index (κ3) is 3.01. The molecule has 1 saturated carbocycles. The predicted molar refractivity (Wildman–Crippen MR) is 69.6 cm³/mol. The standard InChI is InChI=1S/C13H17FN2O3/c14-10-4-5-12(16(18)19)11(8-10)15-13(9-17)6-2-1-3-7-13/h4-5,8,15,17H,1-3,6-7,9H2. The van der Waals surface area contributed by atoms with Gasteiger partial charge < -0.3 is 10.4 Å². The van der Waals surface area contributed by atoms with E-state index in [1.807, 2.05) is 0 Å². The van der Waals surface area contributed by atoms with Crippen LogP contribution in [0.3, 0.4) is 0 Å². The van der Waals surface area contributed by atoms with Crippen molar-refractivity contribution in [3.63, 3.8) is 0 Å². The maximum Gasteiger partial charge on any atom is 0.292 e. The van der Waals surface area contributed by atoms with Crippen molar-refractivity contribution in [2.75, 3.05) is 11.9 Å². The predicted octanol–water partition coefficient (Wildman–Crippen LogP) is 2.84. The van der Waals surface area contributed by atoms with Gasteiger partial charge in [0.25, 0.3) is 5.69 Å². The molecular weight excluding hydrogens is 251 g/mol. The second-order valence-electron chi connectivity index (χ2n) is 5.04. The zero-order valence-electron chi connectivity index (χ0n) is 10.6. The van der Waals surface area contributed by atoms with Crippen molar-refractivity contribution >= 4 is 11.4 Å². The van der Waals surface area contributed by atoms with E-state index in [4.69, 9.17) is 0 Å². The first-order chi connectivity index (χ1) is 9.06. The number of halogens is 1. The zero-order chi connectivity index (χ0) is 13.9. The molecule has 2 rings (SSSR count). The summed E-state index contributed by atoms with van der Waals surface area (Å²) in [5.74, 6) is -0.531. The number of aliphatic hydroxyl groups excluding tert-OH is 1. The van der Waals surface area contributed by atoms with E-state index in [9.17, 15) is 19.6 Å². The topological polar surface area (TPSA) is 75.4 Å². The Hall–Kier alpha value is -1.69. The van der Waals surface area contributed by atoms with Crippen molar-refractivity contribution in [2.45, 2.75) is 37.6 Å². The summed E-state index contributed by atoms with van der Waals surface area (Å²) < 4.78 is 13.3. The third-order valence-electron chi connectivity index (χ3n) is 3.67. The first-order valence-electron chi connectivity index (χ1n) is 6.39. The summed E-state index contributed by atoms with van der Waals surface area (Å²) in [7, 11) is 0. The smallest absolute Gasteiger partial charge is 0.292 e. The molecule has 1 aromatic rings. The Bertz CT molecular complexity index is 473. The molecule has 0 aliphatic heterocycles. The van der Waals surface area contributed by atoms with Crippen molar-refractivity contribution < 1.29 is 14.4 Å². The van der Waals surface area contributed by atoms with Crippen molar-refractivity contribution in [3.8, 4) is 0 Å². The van der Waals surface area contributed by atoms with E-state index < -0.39 is 16.3 Å². The first kappa shape index (κ1) is 13.7. The number of hydrogen-bond donors (Lipinski definition) is 2. The first-order valence-corrected chi connectivity index (χ1v) is 6.39. The van der Waals surface area contributed by atoms with Gasteiger partial charge in [-0.3, -0.25) is 10.1 Å².